The van der Waals surface area contributed by atoms with E-state index in [-0.39, 0.29) is 12.2 Å². The molecule has 1 heterocycles. The molecule has 0 aromatic carbocycles. The summed E-state index contributed by atoms with van der Waals surface area (Å²) < 4.78 is 10.00. The van der Waals surface area contributed by atoms with Gasteiger partial charge in [-0.25, -0.2) is 0 Å². The van der Waals surface area contributed by atoms with Crippen molar-refractivity contribution in [2.45, 2.75) is 31.3 Å². The molecule has 4 heteroatoms. The quantitative estimate of drug-likeness (QED) is 0.555. The lowest BCUT2D eigenvalue weighted by Crippen LogP contribution is -2.33. The smallest absolute Gasteiger partial charge is 0.111 e. The summed E-state index contributed by atoms with van der Waals surface area (Å²) in [6.45, 7) is 2.05. The topological polar surface area (TPSA) is 58.9 Å². The van der Waals surface area contributed by atoms with Crippen LogP contribution in [-0.4, -0.2) is 48.3 Å². The van der Waals surface area contributed by atoms with E-state index < -0.39 is 12.2 Å². The molecule has 11 heavy (non-hydrogen) atoms. The van der Waals surface area contributed by atoms with E-state index in [1.54, 1.807) is 6.92 Å². The number of methoxy groups -OCH3 is 1. The first-order valence-electron chi connectivity index (χ1n) is 3.67. The Morgan fingerprint density at radius 1 is 1.36 bits per heavy atom. The number of hydrogen-bond donors (Lipinski definition) is 2. The molecule has 1 saturated heterocycles. The second kappa shape index (κ2) is 3.49. The van der Waals surface area contributed by atoms with Crippen LogP contribution in [0.25, 0.3) is 0 Å². The van der Waals surface area contributed by atoms with Crippen LogP contribution in [0.1, 0.15) is 6.92 Å². The van der Waals surface area contributed by atoms with Gasteiger partial charge in [-0.2, -0.15) is 0 Å². The highest BCUT2D eigenvalue weighted by molar-refractivity contribution is 4.87. The van der Waals surface area contributed by atoms with Crippen LogP contribution >= 0.6 is 0 Å². The maximum atomic E-state index is 9.30. The zero-order valence-corrected chi connectivity index (χ0v) is 6.73. The summed E-state index contributed by atoms with van der Waals surface area (Å²) in [6, 6.07) is 0. The molecule has 0 saturated carbocycles. The van der Waals surface area contributed by atoms with Crippen molar-refractivity contribution < 1.29 is 19.7 Å². The number of ether oxygens (including phenoxy) is 2. The van der Waals surface area contributed by atoms with E-state index >= 15 is 0 Å². The Morgan fingerprint density at radius 2 is 2.00 bits per heavy atom. The van der Waals surface area contributed by atoms with Gasteiger partial charge in [-0.05, 0) is 6.92 Å². The van der Waals surface area contributed by atoms with E-state index in [4.69, 9.17) is 9.47 Å². The second-order valence-corrected chi connectivity index (χ2v) is 2.82. The molecule has 2 N–H and O–H groups in total. The predicted octanol–water partition coefficient (Wildman–Crippen LogP) is -0.858. The number of rotatable bonds is 2. The molecule has 1 aliphatic heterocycles. The van der Waals surface area contributed by atoms with E-state index in [9.17, 15) is 10.2 Å². The largest absolute Gasteiger partial charge is 0.388 e. The molecule has 66 valence electrons. The normalized spacial score (nSPS) is 44.7. The van der Waals surface area contributed by atoms with Gasteiger partial charge < -0.3 is 19.7 Å². The fourth-order valence-electron chi connectivity index (χ4n) is 1.24. The van der Waals surface area contributed by atoms with Gasteiger partial charge in [0.05, 0.1) is 12.7 Å². The maximum absolute atomic E-state index is 9.30. The molecule has 0 amide bonds. The molecule has 0 radical (unpaired) electrons. The second-order valence-electron chi connectivity index (χ2n) is 2.82. The first kappa shape index (κ1) is 8.93. The molecule has 4 atom stereocenters. The molecule has 0 aromatic heterocycles. The SMILES string of the molecule is COCC1OC(C)C(O)C1O. The molecule has 0 aliphatic carbocycles. The van der Waals surface area contributed by atoms with E-state index in [1.807, 2.05) is 0 Å². The molecule has 0 bridgehead atoms. The van der Waals surface area contributed by atoms with Crippen molar-refractivity contribution in [3.63, 3.8) is 0 Å². The first-order chi connectivity index (χ1) is 5.16. The van der Waals surface area contributed by atoms with Crippen LogP contribution in [0, 0.1) is 0 Å². The first-order valence-corrected chi connectivity index (χ1v) is 3.67. The molecule has 1 aliphatic rings. The van der Waals surface area contributed by atoms with Gasteiger partial charge in [0.1, 0.15) is 18.3 Å². The Morgan fingerprint density at radius 3 is 2.36 bits per heavy atom. The summed E-state index contributed by atoms with van der Waals surface area (Å²) in [5.74, 6) is 0. The third kappa shape index (κ3) is 1.70. The molecule has 1 fully saturated rings. The highest BCUT2D eigenvalue weighted by Crippen LogP contribution is 2.20. The average molecular weight is 162 g/mol. The van der Waals surface area contributed by atoms with Crippen molar-refractivity contribution in [3.05, 3.63) is 0 Å². The Bertz CT molecular complexity index is 128. The van der Waals surface area contributed by atoms with Crippen LogP contribution in [-0.2, 0) is 9.47 Å². The minimum atomic E-state index is -0.815. The van der Waals surface area contributed by atoms with Gasteiger partial charge in [0.25, 0.3) is 0 Å². The monoisotopic (exact) mass is 162 g/mol. The molecule has 1 rings (SSSR count). The van der Waals surface area contributed by atoms with Gasteiger partial charge in [-0.15, -0.1) is 0 Å². The molecule has 4 nitrogen and oxygen atoms in total. The maximum Gasteiger partial charge on any atom is 0.111 e. The predicted molar refractivity (Wildman–Crippen MR) is 38.2 cm³/mol. The highest BCUT2D eigenvalue weighted by atomic mass is 16.6. The van der Waals surface area contributed by atoms with Crippen molar-refractivity contribution in [1.82, 2.24) is 0 Å². The summed E-state index contributed by atoms with van der Waals surface area (Å²) in [5, 5.41) is 18.5. The van der Waals surface area contributed by atoms with Crippen molar-refractivity contribution in [3.8, 4) is 0 Å². The van der Waals surface area contributed by atoms with Crippen LogP contribution in [0.2, 0.25) is 0 Å². The van der Waals surface area contributed by atoms with Crippen molar-refractivity contribution >= 4 is 0 Å². The van der Waals surface area contributed by atoms with Gasteiger partial charge in [0.15, 0.2) is 0 Å². The lowest BCUT2D eigenvalue weighted by atomic mass is 10.1. The third-order valence-electron chi connectivity index (χ3n) is 1.93. The Labute approximate surface area is 65.7 Å². The van der Waals surface area contributed by atoms with E-state index in [2.05, 4.69) is 0 Å². The van der Waals surface area contributed by atoms with Crippen LogP contribution in [0.3, 0.4) is 0 Å². The van der Waals surface area contributed by atoms with Crippen molar-refractivity contribution in [2.75, 3.05) is 13.7 Å². The van der Waals surface area contributed by atoms with Gasteiger partial charge >= 0.3 is 0 Å². The number of hydrogen-bond acceptors (Lipinski definition) is 4. The summed E-state index contributed by atoms with van der Waals surface area (Å²) in [5.41, 5.74) is 0. The Balaban J connectivity index is 2.45. The fraction of sp³-hybridized carbons (Fsp3) is 1.00. The summed E-state index contributed by atoms with van der Waals surface area (Å²) >= 11 is 0. The standard InChI is InChI=1S/C7H14O4/c1-4-6(8)7(9)5(11-4)3-10-2/h4-9H,3H2,1-2H3. The molecular formula is C7H14O4. The Hall–Kier alpha value is -0.160. The fourth-order valence-corrected chi connectivity index (χ4v) is 1.24. The zero-order valence-electron chi connectivity index (χ0n) is 6.73. The van der Waals surface area contributed by atoms with Crippen LogP contribution in [0.5, 0.6) is 0 Å². The van der Waals surface area contributed by atoms with Crippen molar-refractivity contribution in [1.29, 1.82) is 0 Å². The summed E-state index contributed by atoms with van der Waals surface area (Å²) in [6.07, 6.45) is -2.28. The summed E-state index contributed by atoms with van der Waals surface area (Å²) in [4.78, 5) is 0. The average Bonchev–Trinajstić information content (AvgIpc) is 2.19. The number of aliphatic hydroxyl groups is 2. The van der Waals surface area contributed by atoms with Crippen molar-refractivity contribution in [2.24, 2.45) is 0 Å². The van der Waals surface area contributed by atoms with E-state index in [0.29, 0.717) is 6.61 Å². The molecule has 0 spiro atoms. The van der Waals surface area contributed by atoms with Gasteiger partial charge in [0.2, 0.25) is 0 Å². The highest BCUT2D eigenvalue weighted by Gasteiger charge is 2.39. The van der Waals surface area contributed by atoms with Crippen LogP contribution < -0.4 is 0 Å². The van der Waals surface area contributed by atoms with Crippen LogP contribution in [0.4, 0.5) is 0 Å². The van der Waals surface area contributed by atoms with Crippen LogP contribution in [0.15, 0.2) is 0 Å². The lowest BCUT2D eigenvalue weighted by Gasteiger charge is -2.12. The third-order valence-corrected chi connectivity index (χ3v) is 1.93. The molecule has 4 unspecified atom stereocenters. The summed E-state index contributed by atoms with van der Waals surface area (Å²) in [7, 11) is 1.53. The zero-order chi connectivity index (χ0) is 8.43. The molecule has 0 aromatic rings. The lowest BCUT2D eigenvalue weighted by molar-refractivity contribution is -0.0290. The van der Waals surface area contributed by atoms with Gasteiger partial charge in [0, 0.05) is 7.11 Å². The Kier molecular flexibility index (Phi) is 2.84. The minimum absolute atomic E-state index is 0.301. The van der Waals surface area contributed by atoms with Gasteiger partial charge in [-0.1, -0.05) is 0 Å². The number of aliphatic hydroxyl groups excluding tert-OH is 2. The molecular weight excluding hydrogens is 148 g/mol. The minimum Gasteiger partial charge on any atom is -0.388 e. The van der Waals surface area contributed by atoms with Gasteiger partial charge in [-0.3, -0.25) is 0 Å². The van der Waals surface area contributed by atoms with E-state index in [1.165, 1.54) is 7.11 Å². The van der Waals surface area contributed by atoms with E-state index in [0.717, 1.165) is 0 Å².